The summed E-state index contributed by atoms with van der Waals surface area (Å²) in [6, 6.07) is 7.92. The van der Waals surface area contributed by atoms with Crippen LogP contribution in [-0.2, 0) is 9.59 Å². The summed E-state index contributed by atoms with van der Waals surface area (Å²) in [6.45, 7) is 6.80. The smallest absolute Gasteiger partial charge is 0.326 e. The summed E-state index contributed by atoms with van der Waals surface area (Å²) in [5, 5.41) is 5.46. The van der Waals surface area contributed by atoms with E-state index in [0.29, 0.717) is 29.2 Å². The van der Waals surface area contributed by atoms with Crippen molar-refractivity contribution in [1.29, 1.82) is 0 Å². The molecule has 0 spiro atoms. The molecule has 1 aromatic carbocycles. The minimum Gasteiger partial charge on any atom is -0.326 e. The average Bonchev–Trinajstić information content (AvgIpc) is 2.52. The number of aromatic nitrogens is 2. The van der Waals surface area contributed by atoms with Crippen LogP contribution in [-0.4, -0.2) is 21.4 Å². The predicted octanol–water partition coefficient (Wildman–Crippen LogP) is 2.41. The van der Waals surface area contributed by atoms with Gasteiger partial charge in [-0.1, -0.05) is 6.92 Å². The van der Waals surface area contributed by atoms with E-state index >= 15 is 0 Å². The summed E-state index contributed by atoms with van der Waals surface area (Å²) in [5.74, 6) is -0.449. The number of carbonyl (C=O) groups is 2. The first-order valence-corrected chi connectivity index (χ1v) is 8.07. The second-order valence-corrected chi connectivity index (χ2v) is 5.86. The van der Waals surface area contributed by atoms with Gasteiger partial charge >= 0.3 is 5.69 Å². The van der Waals surface area contributed by atoms with Crippen LogP contribution in [0.15, 0.2) is 35.1 Å². The lowest BCUT2D eigenvalue weighted by atomic mass is 10.1. The number of carbonyl (C=O) groups excluding carboxylic acids is 2. The summed E-state index contributed by atoms with van der Waals surface area (Å²) < 4.78 is 1.41. The Labute approximate surface area is 146 Å². The molecule has 1 heterocycles. The maximum atomic E-state index is 12.6. The Morgan fingerprint density at radius 2 is 1.68 bits per heavy atom. The van der Waals surface area contributed by atoms with Crippen molar-refractivity contribution in [1.82, 2.24) is 9.55 Å². The first-order chi connectivity index (χ1) is 11.8. The first kappa shape index (κ1) is 18.4. The lowest BCUT2D eigenvalue weighted by Gasteiger charge is -2.20. The van der Waals surface area contributed by atoms with Crippen LogP contribution in [0.2, 0.25) is 0 Å². The molecule has 132 valence electrons. The summed E-state index contributed by atoms with van der Waals surface area (Å²) in [6.07, 6.45) is 0.460. The lowest BCUT2D eigenvalue weighted by molar-refractivity contribution is -0.119. The van der Waals surface area contributed by atoms with Crippen molar-refractivity contribution in [3.63, 3.8) is 0 Å². The molecule has 1 unspecified atom stereocenters. The molecule has 0 saturated heterocycles. The van der Waals surface area contributed by atoms with Crippen molar-refractivity contribution in [3.8, 4) is 0 Å². The van der Waals surface area contributed by atoms with Gasteiger partial charge in [-0.25, -0.2) is 4.79 Å². The van der Waals surface area contributed by atoms with Gasteiger partial charge in [0.2, 0.25) is 11.8 Å². The van der Waals surface area contributed by atoms with E-state index in [9.17, 15) is 14.4 Å². The SMILES string of the molecule is CCC(C(=O)Nc1ccc(NC(C)=O)cc1)n1c(C)cc(C)nc1=O. The predicted molar refractivity (Wildman–Crippen MR) is 96.7 cm³/mol. The molecule has 1 atom stereocenters. The first-order valence-electron chi connectivity index (χ1n) is 8.07. The zero-order valence-corrected chi connectivity index (χ0v) is 14.8. The molecule has 1 aromatic heterocycles. The maximum Gasteiger partial charge on any atom is 0.348 e. The van der Waals surface area contributed by atoms with Crippen LogP contribution in [0.1, 0.15) is 37.7 Å². The highest BCUT2D eigenvalue weighted by atomic mass is 16.2. The third-order valence-corrected chi connectivity index (χ3v) is 3.75. The molecule has 0 saturated carbocycles. The summed E-state index contributed by atoms with van der Waals surface area (Å²) in [4.78, 5) is 39.8. The molecule has 7 heteroatoms. The van der Waals surface area contributed by atoms with E-state index in [1.807, 2.05) is 6.92 Å². The highest BCUT2D eigenvalue weighted by Crippen LogP contribution is 2.18. The van der Waals surface area contributed by atoms with E-state index in [1.54, 1.807) is 44.2 Å². The van der Waals surface area contributed by atoms with Crippen LogP contribution in [0.3, 0.4) is 0 Å². The number of aryl methyl sites for hydroxylation is 2. The Bertz CT molecular complexity index is 840. The Morgan fingerprint density at radius 3 is 2.16 bits per heavy atom. The van der Waals surface area contributed by atoms with Crippen LogP contribution in [0.25, 0.3) is 0 Å². The van der Waals surface area contributed by atoms with E-state index in [2.05, 4.69) is 15.6 Å². The molecular formula is C18H22N4O3. The Balaban J connectivity index is 2.21. The number of anilines is 2. The molecule has 2 rings (SSSR count). The van der Waals surface area contributed by atoms with Crippen LogP contribution < -0.4 is 16.3 Å². The fourth-order valence-electron chi connectivity index (χ4n) is 2.69. The lowest BCUT2D eigenvalue weighted by Crippen LogP contribution is -2.36. The topological polar surface area (TPSA) is 93.1 Å². The van der Waals surface area contributed by atoms with Crippen LogP contribution in [0.5, 0.6) is 0 Å². The van der Waals surface area contributed by atoms with Crippen molar-refractivity contribution in [3.05, 3.63) is 52.2 Å². The zero-order chi connectivity index (χ0) is 18.6. The largest absolute Gasteiger partial charge is 0.348 e. The molecule has 0 fully saturated rings. The van der Waals surface area contributed by atoms with Gasteiger partial charge in [0, 0.05) is 29.7 Å². The molecule has 0 bridgehead atoms. The van der Waals surface area contributed by atoms with Gasteiger partial charge in [0.15, 0.2) is 0 Å². The maximum absolute atomic E-state index is 12.6. The van der Waals surface area contributed by atoms with Gasteiger partial charge in [0.1, 0.15) is 6.04 Å². The van der Waals surface area contributed by atoms with E-state index in [1.165, 1.54) is 11.5 Å². The van der Waals surface area contributed by atoms with E-state index in [0.717, 1.165) is 0 Å². The van der Waals surface area contributed by atoms with Crippen molar-refractivity contribution in [2.24, 2.45) is 0 Å². The van der Waals surface area contributed by atoms with Crippen molar-refractivity contribution in [2.75, 3.05) is 10.6 Å². The van der Waals surface area contributed by atoms with Gasteiger partial charge in [-0.2, -0.15) is 4.98 Å². The second kappa shape index (κ2) is 7.74. The fourth-order valence-corrected chi connectivity index (χ4v) is 2.69. The summed E-state index contributed by atoms with van der Waals surface area (Å²) >= 11 is 0. The number of hydrogen-bond acceptors (Lipinski definition) is 4. The van der Waals surface area contributed by atoms with Crippen LogP contribution >= 0.6 is 0 Å². The average molecular weight is 342 g/mol. The van der Waals surface area contributed by atoms with Gasteiger partial charge in [0.25, 0.3) is 0 Å². The third kappa shape index (κ3) is 4.53. The molecule has 0 radical (unpaired) electrons. The molecule has 2 amide bonds. The Kier molecular flexibility index (Phi) is 5.69. The summed E-state index contributed by atoms with van der Waals surface area (Å²) in [7, 11) is 0. The van der Waals surface area contributed by atoms with Gasteiger partial charge < -0.3 is 10.6 Å². The molecule has 7 nitrogen and oxygen atoms in total. The van der Waals surface area contributed by atoms with Crippen molar-refractivity contribution < 1.29 is 9.59 Å². The third-order valence-electron chi connectivity index (χ3n) is 3.75. The number of nitrogens with one attached hydrogen (secondary N) is 2. The van der Waals surface area contributed by atoms with Crippen molar-refractivity contribution in [2.45, 2.75) is 40.2 Å². The molecule has 0 aliphatic carbocycles. The molecule has 0 aliphatic heterocycles. The molecule has 2 N–H and O–H groups in total. The minimum absolute atomic E-state index is 0.162. The van der Waals surface area contributed by atoms with Gasteiger partial charge in [0.05, 0.1) is 0 Å². The van der Waals surface area contributed by atoms with Crippen molar-refractivity contribution >= 4 is 23.2 Å². The van der Waals surface area contributed by atoms with E-state index in [-0.39, 0.29) is 11.8 Å². The Hall–Kier alpha value is -2.96. The van der Waals surface area contributed by atoms with Crippen LogP contribution in [0, 0.1) is 13.8 Å². The monoisotopic (exact) mass is 342 g/mol. The molecule has 0 aliphatic rings. The normalized spacial score (nSPS) is 11.7. The Morgan fingerprint density at radius 1 is 1.12 bits per heavy atom. The number of nitrogens with zero attached hydrogens (tertiary/aromatic N) is 2. The number of hydrogen-bond donors (Lipinski definition) is 2. The molecule has 2 aromatic rings. The van der Waals surface area contributed by atoms with Gasteiger partial charge in [-0.15, -0.1) is 0 Å². The number of amides is 2. The fraction of sp³-hybridized carbons (Fsp3) is 0.333. The van der Waals surface area contributed by atoms with E-state index in [4.69, 9.17) is 0 Å². The highest BCUT2D eigenvalue weighted by molar-refractivity contribution is 5.94. The van der Waals surface area contributed by atoms with E-state index < -0.39 is 11.7 Å². The standard InChI is InChI=1S/C18H22N4O3/c1-5-16(22-12(3)10-11(2)19-18(22)25)17(24)21-15-8-6-14(7-9-15)20-13(4)23/h6-10,16H,5H2,1-4H3,(H,20,23)(H,21,24). The number of rotatable bonds is 5. The minimum atomic E-state index is -0.643. The zero-order valence-electron chi connectivity index (χ0n) is 14.8. The number of benzene rings is 1. The highest BCUT2D eigenvalue weighted by Gasteiger charge is 2.22. The second-order valence-electron chi connectivity index (χ2n) is 5.86. The van der Waals surface area contributed by atoms with Crippen LogP contribution in [0.4, 0.5) is 11.4 Å². The van der Waals surface area contributed by atoms with Gasteiger partial charge in [-0.05, 0) is 50.6 Å². The molecular weight excluding hydrogens is 320 g/mol. The van der Waals surface area contributed by atoms with Gasteiger partial charge in [-0.3, -0.25) is 14.2 Å². The quantitative estimate of drug-likeness (QED) is 0.872. The molecule has 25 heavy (non-hydrogen) atoms. The summed E-state index contributed by atoms with van der Waals surface area (Å²) in [5.41, 5.74) is 2.12.